The molecule has 1 saturated carbocycles. The summed E-state index contributed by atoms with van der Waals surface area (Å²) in [6.45, 7) is 0. The Morgan fingerprint density at radius 1 is 1.29 bits per heavy atom. The van der Waals surface area contributed by atoms with Gasteiger partial charge in [-0.15, -0.1) is 0 Å². The van der Waals surface area contributed by atoms with Gasteiger partial charge in [0, 0.05) is 10.0 Å². The van der Waals surface area contributed by atoms with Crippen LogP contribution >= 0.6 is 23.2 Å². The number of halogens is 2. The van der Waals surface area contributed by atoms with Crippen LogP contribution in [0.25, 0.3) is 0 Å². The second-order valence-corrected chi connectivity index (χ2v) is 4.36. The Bertz CT molecular complexity index is 369. The van der Waals surface area contributed by atoms with Crippen molar-refractivity contribution in [3.8, 4) is 0 Å². The molecule has 2 atom stereocenters. The fourth-order valence-electron chi connectivity index (χ4n) is 1.63. The molecule has 1 aromatic carbocycles. The second-order valence-electron chi connectivity index (χ2n) is 3.49. The number of carboxylic acid groups (broad SMARTS) is 1. The van der Waals surface area contributed by atoms with E-state index in [9.17, 15) is 4.79 Å². The number of hydrogen-bond donors (Lipinski definition) is 1. The number of carboxylic acids is 1. The molecule has 0 radical (unpaired) electrons. The standard InChI is InChI=1S/C10H8Cl2O2/c11-6-1-5(2-7(12)3-6)8-4-9(8)10(13)14/h1-3,8-9H,4H2,(H,13,14). The summed E-state index contributed by atoms with van der Waals surface area (Å²) in [6, 6.07) is 5.20. The molecule has 1 aromatic rings. The molecule has 0 spiro atoms. The summed E-state index contributed by atoms with van der Waals surface area (Å²) in [5.41, 5.74) is 0.926. The van der Waals surface area contributed by atoms with E-state index in [-0.39, 0.29) is 11.8 Å². The predicted octanol–water partition coefficient (Wildman–Crippen LogP) is 3.18. The fourth-order valence-corrected chi connectivity index (χ4v) is 2.17. The molecular formula is C10H8Cl2O2. The first-order chi connectivity index (χ1) is 6.58. The van der Waals surface area contributed by atoms with Crippen molar-refractivity contribution in [2.75, 3.05) is 0 Å². The molecule has 2 unspecified atom stereocenters. The average Bonchev–Trinajstić information content (AvgIpc) is 2.79. The van der Waals surface area contributed by atoms with Gasteiger partial charge in [0.2, 0.25) is 0 Å². The minimum Gasteiger partial charge on any atom is -0.481 e. The van der Waals surface area contributed by atoms with E-state index in [1.807, 2.05) is 0 Å². The van der Waals surface area contributed by atoms with Crippen LogP contribution in [0.15, 0.2) is 18.2 Å². The highest BCUT2D eigenvalue weighted by Gasteiger charge is 2.44. The Kier molecular flexibility index (Phi) is 2.41. The molecule has 1 fully saturated rings. The zero-order chi connectivity index (χ0) is 10.3. The molecule has 0 saturated heterocycles. The summed E-state index contributed by atoms with van der Waals surface area (Å²) in [4.78, 5) is 10.6. The van der Waals surface area contributed by atoms with Crippen LogP contribution in [0.5, 0.6) is 0 Å². The number of rotatable bonds is 2. The molecule has 2 rings (SSSR count). The molecule has 1 aliphatic carbocycles. The van der Waals surface area contributed by atoms with Gasteiger partial charge in [0.15, 0.2) is 0 Å². The van der Waals surface area contributed by atoms with Crippen LogP contribution in [0.1, 0.15) is 17.9 Å². The quantitative estimate of drug-likeness (QED) is 0.848. The molecule has 0 amide bonds. The van der Waals surface area contributed by atoms with Crippen molar-refractivity contribution in [2.24, 2.45) is 5.92 Å². The first-order valence-electron chi connectivity index (χ1n) is 4.26. The normalized spacial score (nSPS) is 24.7. The van der Waals surface area contributed by atoms with Gasteiger partial charge in [0.1, 0.15) is 0 Å². The summed E-state index contributed by atoms with van der Waals surface area (Å²) < 4.78 is 0. The first-order valence-corrected chi connectivity index (χ1v) is 5.02. The van der Waals surface area contributed by atoms with Crippen LogP contribution in [0.2, 0.25) is 10.0 Å². The van der Waals surface area contributed by atoms with Crippen LogP contribution in [0.4, 0.5) is 0 Å². The molecular weight excluding hydrogens is 223 g/mol. The number of carbonyl (C=O) groups is 1. The third kappa shape index (κ3) is 1.86. The molecule has 2 nitrogen and oxygen atoms in total. The van der Waals surface area contributed by atoms with Gasteiger partial charge < -0.3 is 5.11 Å². The SMILES string of the molecule is O=C(O)C1CC1c1cc(Cl)cc(Cl)c1. The van der Waals surface area contributed by atoms with Gasteiger partial charge in [-0.3, -0.25) is 4.79 Å². The van der Waals surface area contributed by atoms with Crippen LogP contribution in [-0.2, 0) is 4.79 Å². The Morgan fingerprint density at radius 2 is 1.86 bits per heavy atom. The Labute approximate surface area is 91.4 Å². The van der Waals surface area contributed by atoms with Gasteiger partial charge in [-0.2, -0.15) is 0 Å². The summed E-state index contributed by atoms with van der Waals surface area (Å²) in [7, 11) is 0. The van der Waals surface area contributed by atoms with Crippen molar-refractivity contribution in [1.29, 1.82) is 0 Å². The Balaban J connectivity index is 2.23. The van der Waals surface area contributed by atoms with Crippen LogP contribution < -0.4 is 0 Å². The number of benzene rings is 1. The molecule has 74 valence electrons. The second kappa shape index (κ2) is 3.44. The first kappa shape index (κ1) is 9.81. The molecule has 1 N–H and O–H groups in total. The number of aliphatic carboxylic acids is 1. The zero-order valence-electron chi connectivity index (χ0n) is 7.21. The van der Waals surface area contributed by atoms with Gasteiger partial charge >= 0.3 is 5.97 Å². The third-order valence-electron chi connectivity index (χ3n) is 2.42. The lowest BCUT2D eigenvalue weighted by molar-refractivity contribution is -0.138. The summed E-state index contributed by atoms with van der Waals surface area (Å²) in [5, 5.41) is 9.88. The van der Waals surface area contributed by atoms with Crippen molar-refractivity contribution in [3.63, 3.8) is 0 Å². The maximum absolute atomic E-state index is 10.6. The predicted molar refractivity (Wildman–Crippen MR) is 54.9 cm³/mol. The minimum absolute atomic E-state index is 0.0868. The topological polar surface area (TPSA) is 37.3 Å². The number of hydrogen-bond acceptors (Lipinski definition) is 1. The van der Waals surface area contributed by atoms with E-state index in [1.165, 1.54) is 0 Å². The molecule has 1 aliphatic rings. The molecule has 0 heterocycles. The van der Waals surface area contributed by atoms with Crippen LogP contribution in [0, 0.1) is 5.92 Å². The monoisotopic (exact) mass is 230 g/mol. The van der Waals surface area contributed by atoms with Gasteiger partial charge in [-0.1, -0.05) is 23.2 Å². The molecule has 0 aliphatic heterocycles. The largest absolute Gasteiger partial charge is 0.481 e. The van der Waals surface area contributed by atoms with Gasteiger partial charge in [0.25, 0.3) is 0 Å². The van der Waals surface area contributed by atoms with E-state index < -0.39 is 5.97 Å². The summed E-state index contributed by atoms with van der Waals surface area (Å²) >= 11 is 11.6. The third-order valence-corrected chi connectivity index (χ3v) is 2.86. The molecule has 14 heavy (non-hydrogen) atoms. The van der Waals surface area contributed by atoms with Crippen LogP contribution in [-0.4, -0.2) is 11.1 Å². The van der Waals surface area contributed by atoms with Gasteiger partial charge in [-0.25, -0.2) is 0 Å². The van der Waals surface area contributed by atoms with Gasteiger partial charge in [0.05, 0.1) is 5.92 Å². The summed E-state index contributed by atoms with van der Waals surface area (Å²) in [6.07, 6.45) is 0.687. The average molecular weight is 231 g/mol. The van der Waals surface area contributed by atoms with Crippen molar-refractivity contribution in [2.45, 2.75) is 12.3 Å². The Hall–Kier alpha value is -0.730. The lowest BCUT2D eigenvalue weighted by Crippen LogP contribution is -1.98. The van der Waals surface area contributed by atoms with Crippen molar-refractivity contribution >= 4 is 29.2 Å². The molecule has 4 heteroatoms. The van der Waals surface area contributed by atoms with E-state index in [0.717, 1.165) is 5.56 Å². The maximum atomic E-state index is 10.6. The van der Waals surface area contributed by atoms with E-state index in [2.05, 4.69) is 0 Å². The minimum atomic E-state index is -0.744. The fraction of sp³-hybridized carbons (Fsp3) is 0.300. The molecule has 0 aromatic heterocycles. The smallest absolute Gasteiger partial charge is 0.307 e. The highest BCUT2D eigenvalue weighted by Crippen LogP contribution is 2.48. The highest BCUT2D eigenvalue weighted by atomic mass is 35.5. The van der Waals surface area contributed by atoms with Crippen LogP contribution in [0.3, 0.4) is 0 Å². The maximum Gasteiger partial charge on any atom is 0.307 e. The Morgan fingerprint density at radius 3 is 2.29 bits per heavy atom. The van der Waals surface area contributed by atoms with E-state index in [1.54, 1.807) is 18.2 Å². The van der Waals surface area contributed by atoms with Crippen molar-refractivity contribution < 1.29 is 9.90 Å². The molecule has 0 bridgehead atoms. The van der Waals surface area contributed by atoms with Gasteiger partial charge in [-0.05, 0) is 36.1 Å². The lowest BCUT2D eigenvalue weighted by atomic mass is 10.1. The van der Waals surface area contributed by atoms with E-state index in [0.29, 0.717) is 16.5 Å². The summed E-state index contributed by atoms with van der Waals surface area (Å²) in [5.74, 6) is -0.917. The lowest BCUT2D eigenvalue weighted by Gasteiger charge is -2.00. The van der Waals surface area contributed by atoms with Crippen molar-refractivity contribution in [3.05, 3.63) is 33.8 Å². The highest BCUT2D eigenvalue weighted by molar-refractivity contribution is 6.34. The van der Waals surface area contributed by atoms with E-state index >= 15 is 0 Å². The van der Waals surface area contributed by atoms with Crippen molar-refractivity contribution in [1.82, 2.24) is 0 Å². The van der Waals surface area contributed by atoms with E-state index in [4.69, 9.17) is 28.3 Å². The zero-order valence-corrected chi connectivity index (χ0v) is 8.72.